The Morgan fingerprint density at radius 2 is 1.54 bits per heavy atom. The maximum Gasteiger partial charge on any atom is 0.195 e. The van der Waals surface area contributed by atoms with Crippen molar-refractivity contribution in [2.75, 3.05) is 6.26 Å². The van der Waals surface area contributed by atoms with Crippen LogP contribution in [0.4, 0.5) is 0 Å². The minimum Gasteiger partial charge on any atom is -0.313 e. The maximum atomic E-state index is 13.6. The minimum atomic E-state index is -0.0808. The van der Waals surface area contributed by atoms with Crippen LogP contribution in [0.3, 0.4) is 0 Å². The summed E-state index contributed by atoms with van der Waals surface area (Å²) in [7, 11) is 0. The first kappa shape index (κ1) is 18.3. The monoisotopic (exact) mass is 385 g/mol. The Balaban J connectivity index is 2.04. The average Bonchev–Trinajstić information content (AvgIpc) is 3.09. The molecule has 0 saturated carbocycles. The Labute approximate surface area is 168 Å². The number of hydrogen-bond acceptors (Lipinski definition) is 3. The number of fused-ring (bicyclic) bond motifs is 1. The first-order valence-corrected chi connectivity index (χ1v) is 10.2. The maximum absolute atomic E-state index is 13.6. The van der Waals surface area contributed by atoms with Crippen molar-refractivity contribution in [1.29, 1.82) is 0 Å². The molecular weight excluding hydrogens is 366 g/mol. The summed E-state index contributed by atoms with van der Waals surface area (Å²) in [4.78, 5) is 27.2. The van der Waals surface area contributed by atoms with Crippen LogP contribution in [0.2, 0.25) is 0 Å². The van der Waals surface area contributed by atoms with E-state index in [0.717, 1.165) is 16.0 Å². The molecule has 3 nitrogen and oxygen atoms in total. The van der Waals surface area contributed by atoms with E-state index >= 15 is 0 Å². The van der Waals surface area contributed by atoms with Gasteiger partial charge in [0.15, 0.2) is 11.6 Å². The second kappa shape index (κ2) is 7.49. The molecule has 138 valence electrons. The van der Waals surface area contributed by atoms with Crippen molar-refractivity contribution in [3.63, 3.8) is 0 Å². The third kappa shape index (κ3) is 3.06. The number of carbonyl (C=O) groups excluding carboxylic acids is 2. The first-order valence-electron chi connectivity index (χ1n) is 9.00. The van der Waals surface area contributed by atoms with E-state index in [1.807, 2.05) is 89.6 Å². The molecule has 28 heavy (non-hydrogen) atoms. The van der Waals surface area contributed by atoms with Crippen LogP contribution in [-0.2, 0) is 0 Å². The van der Waals surface area contributed by atoms with Gasteiger partial charge in [-0.3, -0.25) is 9.59 Å². The molecule has 2 aromatic heterocycles. The van der Waals surface area contributed by atoms with Gasteiger partial charge in [-0.1, -0.05) is 36.4 Å². The third-order valence-electron chi connectivity index (χ3n) is 4.82. The number of pyridine rings is 1. The molecule has 4 rings (SSSR count). The van der Waals surface area contributed by atoms with Crippen LogP contribution in [0.1, 0.15) is 33.3 Å². The largest absolute Gasteiger partial charge is 0.313 e. The summed E-state index contributed by atoms with van der Waals surface area (Å²) < 4.78 is 1.83. The molecule has 2 aromatic carbocycles. The van der Waals surface area contributed by atoms with Gasteiger partial charge in [0.2, 0.25) is 0 Å². The van der Waals surface area contributed by atoms with E-state index in [1.165, 1.54) is 0 Å². The number of Topliss-reactive ketones (excluding diaryl/α,β-unsaturated/α-hetero) is 1. The lowest BCUT2D eigenvalue weighted by atomic mass is 9.94. The van der Waals surface area contributed by atoms with Gasteiger partial charge in [0.05, 0.1) is 16.8 Å². The summed E-state index contributed by atoms with van der Waals surface area (Å²) in [5.41, 5.74) is 4.01. The topological polar surface area (TPSA) is 38.5 Å². The van der Waals surface area contributed by atoms with Crippen molar-refractivity contribution < 1.29 is 9.59 Å². The summed E-state index contributed by atoms with van der Waals surface area (Å²) >= 11 is 1.64. The van der Waals surface area contributed by atoms with Gasteiger partial charge in [0, 0.05) is 29.1 Å². The molecule has 0 amide bonds. The molecule has 0 unspecified atom stereocenters. The quantitative estimate of drug-likeness (QED) is 0.324. The number of nitrogens with zero attached hydrogens (tertiary/aromatic N) is 1. The van der Waals surface area contributed by atoms with Gasteiger partial charge < -0.3 is 4.40 Å². The molecule has 0 spiro atoms. The Hall–Kier alpha value is -3.11. The molecule has 4 heteroatoms. The number of aromatic nitrogens is 1. The van der Waals surface area contributed by atoms with Crippen molar-refractivity contribution in [2.45, 2.75) is 11.8 Å². The summed E-state index contributed by atoms with van der Waals surface area (Å²) in [6.45, 7) is 1.54. The van der Waals surface area contributed by atoms with Crippen molar-refractivity contribution in [1.82, 2.24) is 4.40 Å². The Kier molecular flexibility index (Phi) is 4.88. The lowest BCUT2D eigenvalue weighted by Crippen LogP contribution is -2.04. The molecule has 0 atom stereocenters. The first-order chi connectivity index (χ1) is 13.6. The van der Waals surface area contributed by atoms with E-state index in [4.69, 9.17) is 0 Å². The zero-order chi connectivity index (χ0) is 19.7. The van der Waals surface area contributed by atoms with Crippen molar-refractivity contribution in [3.8, 4) is 11.1 Å². The highest BCUT2D eigenvalue weighted by molar-refractivity contribution is 7.98. The van der Waals surface area contributed by atoms with Crippen LogP contribution in [0.25, 0.3) is 16.6 Å². The summed E-state index contributed by atoms with van der Waals surface area (Å²) in [6, 6.07) is 22.9. The smallest absolute Gasteiger partial charge is 0.195 e. The summed E-state index contributed by atoms with van der Waals surface area (Å²) in [5, 5.41) is 0. The zero-order valence-corrected chi connectivity index (χ0v) is 16.5. The van der Waals surface area contributed by atoms with Gasteiger partial charge in [-0.05, 0) is 48.2 Å². The van der Waals surface area contributed by atoms with Crippen LogP contribution >= 0.6 is 11.8 Å². The fourth-order valence-electron chi connectivity index (χ4n) is 3.56. The van der Waals surface area contributed by atoms with Gasteiger partial charge in [0.1, 0.15) is 0 Å². The second-order valence-electron chi connectivity index (χ2n) is 6.53. The molecule has 0 aliphatic rings. The van der Waals surface area contributed by atoms with Crippen LogP contribution in [0.5, 0.6) is 0 Å². The van der Waals surface area contributed by atoms with Crippen molar-refractivity contribution in [3.05, 3.63) is 95.8 Å². The molecule has 0 fully saturated rings. The SMILES string of the molecule is CSc1ccc(C(=O)c2c(-c3ccccc3)c(C(C)=O)n3ccccc23)cc1. The molecule has 4 aromatic rings. The number of carbonyl (C=O) groups is 2. The van der Waals surface area contributed by atoms with E-state index in [9.17, 15) is 9.59 Å². The molecule has 0 bridgehead atoms. The third-order valence-corrected chi connectivity index (χ3v) is 5.56. The summed E-state index contributed by atoms with van der Waals surface area (Å²) in [5.74, 6) is -0.153. The van der Waals surface area contributed by atoms with Gasteiger partial charge in [0.25, 0.3) is 0 Å². The van der Waals surface area contributed by atoms with Crippen LogP contribution < -0.4 is 0 Å². The highest BCUT2D eigenvalue weighted by Gasteiger charge is 2.26. The summed E-state index contributed by atoms with van der Waals surface area (Å²) in [6.07, 6.45) is 3.84. The van der Waals surface area contributed by atoms with E-state index in [-0.39, 0.29) is 11.6 Å². The molecule has 0 N–H and O–H groups in total. The van der Waals surface area contributed by atoms with Crippen LogP contribution in [0.15, 0.2) is 83.9 Å². The fourth-order valence-corrected chi connectivity index (χ4v) is 3.97. The number of hydrogen-bond donors (Lipinski definition) is 0. The van der Waals surface area contributed by atoms with Crippen molar-refractivity contribution >= 4 is 28.8 Å². The van der Waals surface area contributed by atoms with E-state index in [2.05, 4.69) is 0 Å². The molecule has 2 heterocycles. The van der Waals surface area contributed by atoms with Gasteiger partial charge >= 0.3 is 0 Å². The minimum absolute atomic E-state index is 0.0724. The van der Waals surface area contributed by atoms with Crippen LogP contribution in [-0.4, -0.2) is 22.2 Å². The Morgan fingerprint density at radius 1 is 0.857 bits per heavy atom. The number of thioether (sulfide) groups is 1. The number of benzene rings is 2. The van der Waals surface area contributed by atoms with E-state index in [0.29, 0.717) is 22.4 Å². The van der Waals surface area contributed by atoms with E-state index < -0.39 is 0 Å². The fraction of sp³-hybridized carbons (Fsp3) is 0.0833. The lowest BCUT2D eigenvalue weighted by Gasteiger charge is -2.07. The predicted molar refractivity (Wildman–Crippen MR) is 114 cm³/mol. The van der Waals surface area contributed by atoms with Crippen molar-refractivity contribution in [2.24, 2.45) is 0 Å². The highest BCUT2D eigenvalue weighted by atomic mass is 32.2. The Morgan fingerprint density at radius 3 is 2.18 bits per heavy atom. The van der Waals surface area contributed by atoms with Gasteiger partial charge in [-0.25, -0.2) is 0 Å². The predicted octanol–water partition coefficient (Wildman–Crippen LogP) is 5.76. The second-order valence-corrected chi connectivity index (χ2v) is 7.41. The molecule has 0 radical (unpaired) electrons. The highest BCUT2D eigenvalue weighted by Crippen LogP contribution is 2.35. The molecular formula is C24H19NO2S. The number of ketones is 2. The molecule has 0 saturated heterocycles. The van der Waals surface area contributed by atoms with E-state index in [1.54, 1.807) is 18.7 Å². The Bertz CT molecular complexity index is 1170. The van der Waals surface area contributed by atoms with Gasteiger partial charge in [-0.2, -0.15) is 0 Å². The molecule has 0 aliphatic heterocycles. The zero-order valence-electron chi connectivity index (χ0n) is 15.7. The van der Waals surface area contributed by atoms with Gasteiger partial charge in [-0.15, -0.1) is 11.8 Å². The number of rotatable bonds is 5. The molecule has 0 aliphatic carbocycles. The van der Waals surface area contributed by atoms with Crippen LogP contribution in [0, 0.1) is 0 Å². The average molecular weight is 385 g/mol. The standard InChI is InChI=1S/C24H19NO2S/c1-16(26)23-21(17-8-4-3-5-9-17)22(20-10-6-7-15-25(20)23)24(27)18-11-13-19(28-2)14-12-18/h3-15H,1-2H3. The lowest BCUT2D eigenvalue weighted by molar-refractivity contribution is 0.101. The normalized spacial score (nSPS) is 10.9.